The van der Waals surface area contributed by atoms with Crippen LogP contribution in [0.4, 0.5) is 0 Å². The second-order valence-electron chi connectivity index (χ2n) is 9.71. The number of fused-ring (bicyclic) bond motifs is 1. The summed E-state index contributed by atoms with van der Waals surface area (Å²) in [6.45, 7) is 7.99. The summed E-state index contributed by atoms with van der Waals surface area (Å²) < 4.78 is 0. The standard InChI is InChI=1S/C30H32N4O/c1-21-6-9-24(10-7-21)20-34-15-12-23(13-16-34)19-32-30(35)26-18-29(28-5-3-4-14-31-28)33-27-11-8-22(2)17-25(26)27/h3-11,14,17-18,23H,12-13,15-16,19-20H2,1-2H3,(H,32,35). The first kappa shape index (κ1) is 23.2. The molecule has 0 radical (unpaired) electrons. The van der Waals surface area contributed by atoms with Crippen molar-refractivity contribution in [1.29, 1.82) is 0 Å². The number of piperidine rings is 1. The quantitative estimate of drug-likeness (QED) is 0.406. The van der Waals surface area contributed by atoms with Crippen molar-refractivity contribution in [2.75, 3.05) is 19.6 Å². The Labute approximate surface area is 207 Å². The molecule has 2 aromatic heterocycles. The number of nitrogens with zero attached hydrogens (tertiary/aromatic N) is 3. The molecule has 0 aliphatic carbocycles. The lowest BCUT2D eigenvalue weighted by atomic mass is 9.96. The van der Waals surface area contributed by atoms with Gasteiger partial charge >= 0.3 is 0 Å². The molecule has 1 saturated heterocycles. The summed E-state index contributed by atoms with van der Waals surface area (Å²) in [7, 11) is 0. The van der Waals surface area contributed by atoms with Crippen molar-refractivity contribution in [2.45, 2.75) is 33.2 Å². The van der Waals surface area contributed by atoms with E-state index in [4.69, 9.17) is 4.98 Å². The second kappa shape index (κ2) is 10.4. The van der Waals surface area contributed by atoms with E-state index in [1.54, 1.807) is 6.20 Å². The highest BCUT2D eigenvalue weighted by molar-refractivity contribution is 6.07. The zero-order chi connectivity index (χ0) is 24.2. The number of nitrogens with one attached hydrogen (secondary N) is 1. The number of aryl methyl sites for hydroxylation is 2. The number of pyridine rings is 2. The van der Waals surface area contributed by atoms with Crippen molar-refractivity contribution in [2.24, 2.45) is 5.92 Å². The molecular formula is C30H32N4O. The second-order valence-corrected chi connectivity index (χ2v) is 9.71. The molecule has 2 aromatic carbocycles. The molecule has 35 heavy (non-hydrogen) atoms. The van der Waals surface area contributed by atoms with Gasteiger partial charge in [0.1, 0.15) is 0 Å². The third kappa shape index (κ3) is 5.57. The zero-order valence-electron chi connectivity index (χ0n) is 20.5. The molecule has 0 saturated carbocycles. The number of likely N-dealkylation sites (tertiary alicyclic amines) is 1. The van der Waals surface area contributed by atoms with Gasteiger partial charge in [-0.15, -0.1) is 0 Å². The first-order chi connectivity index (χ1) is 17.0. The fraction of sp³-hybridized carbons (Fsp3) is 0.300. The van der Waals surface area contributed by atoms with Crippen LogP contribution in [0.3, 0.4) is 0 Å². The number of hydrogen-bond acceptors (Lipinski definition) is 4. The predicted molar refractivity (Wildman–Crippen MR) is 141 cm³/mol. The number of aromatic nitrogens is 2. The van der Waals surface area contributed by atoms with Crippen molar-refractivity contribution in [3.8, 4) is 11.4 Å². The van der Waals surface area contributed by atoms with E-state index in [-0.39, 0.29) is 5.91 Å². The van der Waals surface area contributed by atoms with Gasteiger partial charge in [0, 0.05) is 24.7 Å². The van der Waals surface area contributed by atoms with Crippen LogP contribution >= 0.6 is 0 Å². The first-order valence-electron chi connectivity index (χ1n) is 12.4. The van der Waals surface area contributed by atoms with Gasteiger partial charge in [-0.25, -0.2) is 4.98 Å². The molecule has 178 valence electrons. The maximum Gasteiger partial charge on any atom is 0.252 e. The zero-order valence-corrected chi connectivity index (χ0v) is 20.5. The van der Waals surface area contributed by atoms with Crippen LogP contribution in [0.5, 0.6) is 0 Å². The summed E-state index contributed by atoms with van der Waals surface area (Å²) >= 11 is 0. The van der Waals surface area contributed by atoms with Gasteiger partial charge < -0.3 is 5.32 Å². The van der Waals surface area contributed by atoms with Crippen LogP contribution in [0, 0.1) is 19.8 Å². The van der Waals surface area contributed by atoms with Gasteiger partial charge in [0.05, 0.1) is 22.5 Å². The van der Waals surface area contributed by atoms with Crippen LogP contribution in [0.15, 0.2) is 72.9 Å². The Hall–Kier alpha value is -3.57. The highest BCUT2D eigenvalue weighted by Gasteiger charge is 2.21. The van der Waals surface area contributed by atoms with Crippen molar-refractivity contribution < 1.29 is 4.79 Å². The highest BCUT2D eigenvalue weighted by atomic mass is 16.1. The Bertz CT molecular complexity index is 1310. The molecule has 0 spiro atoms. The molecule has 5 nitrogen and oxygen atoms in total. The summed E-state index contributed by atoms with van der Waals surface area (Å²) in [4.78, 5) is 25.1. The molecule has 0 atom stereocenters. The summed E-state index contributed by atoms with van der Waals surface area (Å²) in [5.74, 6) is 0.459. The van der Waals surface area contributed by atoms with Crippen LogP contribution in [0.1, 0.15) is 39.9 Å². The van der Waals surface area contributed by atoms with Crippen LogP contribution in [-0.2, 0) is 6.54 Å². The SMILES string of the molecule is Cc1ccc(CN2CCC(CNC(=O)c3cc(-c4ccccn4)nc4ccc(C)cc34)CC2)cc1. The van der Waals surface area contributed by atoms with Gasteiger partial charge in [-0.1, -0.05) is 47.5 Å². The lowest BCUT2D eigenvalue weighted by Crippen LogP contribution is -2.38. The molecule has 0 unspecified atom stereocenters. The Balaban J connectivity index is 1.25. The van der Waals surface area contributed by atoms with Gasteiger partial charge in [0.15, 0.2) is 0 Å². The van der Waals surface area contributed by atoms with E-state index in [0.717, 1.165) is 60.3 Å². The van der Waals surface area contributed by atoms with Crippen molar-refractivity contribution in [1.82, 2.24) is 20.2 Å². The number of rotatable bonds is 6. The molecule has 1 fully saturated rings. The van der Waals surface area contributed by atoms with Crippen molar-refractivity contribution >= 4 is 16.8 Å². The third-order valence-corrected chi connectivity index (χ3v) is 6.92. The Morgan fingerprint density at radius 1 is 0.943 bits per heavy atom. The first-order valence-corrected chi connectivity index (χ1v) is 12.4. The topological polar surface area (TPSA) is 58.1 Å². The largest absolute Gasteiger partial charge is 0.352 e. The Morgan fingerprint density at radius 2 is 1.71 bits per heavy atom. The van der Waals surface area contributed by atoms with E-state index in [1.165, 1.54) is 11.1 Å². The van der Waals surface area contributed by atoms with Crippen LogP contribution in [0.2, 0.25) is 0 Å². The van der Waals surface area contributed by atoms with E-state index in [0.29, 0.717) is 18.0 Å². The fourth-order valence-electron chi connectivity index (χ4n) is 4.81. The minimum absolute atomic E-state index is 0.0396. The maximum absolute atomic E-state index is 13.4. The normalized spacial score (nSPS) is 14.8. The van der Waals surface area contributed by atoms with Crippen LogP contribution < -0.4 is 5.32 Å². The summed E-state index contributed by atoms with van der Waals surface area (Å²) in [5.41, 5.74) is 6.74. The van der Waals surface area contributed by atoms with Gasteiger partial charge in [0.25, 0.3) is 5.91 Å². The fourth-order valence-corrected chi connectivity index (χ4v) is 4.81. The number of carbonyl (C=O) groups is 1. The third-order valence-electron chi connectivity index (χ3n) is 6.92. The van der Waals surface area contributed by atoms with E-state index >= 15 is 0 Å². The minimum Gasteiger partial charge on any atom is -0.352 e. The summed E-state index contributed by atoms with van der Waals surface area (Å²) in [6.07, 6.45) is 3.95. The van der Waals surface area contributed by atoms with Gasteiger partial charge in [-0.2, -0.15) is 0 Å². The van der Waals surface area contributed by atoms with Gasteiger partial charge in [-0.3, -0.25) is 14.7 Å². The van der Waals surface area contributed by atoms with E-state index in [9.17, 15) is 4.79 Å². The van der Waals surface area contributed by atoms with E-state index in [1.807, 2.05) is 49.4 Å². The smallest absolute Gasteiger partial charge is 0.252 e. The van der Waals surface area contributed by atoms with Crippen molar-refractivity contribution in [3.05, 3.63) is 95.2 Å². The number of benzene rings is 2. The molecular weight excluding hydrogens is 432 g/mol. The van der Waals surface area contributed by atoms with E-state index in [2.05, 4.69) is 46.4 Å². The molecule has 0 bridgehead atoms. The minimum atomic E-state index is -0.0396. The molecule has 1 aliphatic rings. The van der Waals surface area contributed by atoms with Gasteiger partial charge in [0.2, 0.25) is 0 Å². The van der Waals surface area contributed by atoms with Gasteiger partial charge in [-0.05, 0) is 81.6 Å². The Kier molecular flexibility index (Phi) is 6.87. The van der Waals surface area contributed by atoms with Crippen molar-refractivity contribution in [3.63, 3.8) is 0 Å². The summed E-state index contributed by atoms with van der Waals surface area (Å²) in [5, 5.41) is 4.11. The lowest BCUT2D eigenvalue weighted by molar-refractivity contribution is 0.0937. The maximum atomic E-state index is 13.4. The highest BCUT2D eigenvalue weighted by Crippen LogP contribution is 2.25. The van der Waals surface area contributed by atoms with Crippen LogP contribution in [-0.4, -0.2) is 40.4 Å². The molecule has 1 N–H and O–H groups in total. The molecule has 5 heteroatoms. The number of amides is 1. The molecule has 1 amide bonds. The molecule has 4 aromatic rings. The monoisotopic (exact) mass is 464 g/mol. The number of hydrogen-bond donors (Lipinski definition) is 1. The van der Waals surface area contributed by atoms with Crippen LogP contribution in [0.25, 0.3) is 22.3 Å². The van der Waals surface area contributed by atoms with E-state index < -0.39 is 0 Å². The lowest BCUT2D eigenvalue weighted by Gasteiger charge is -2.32. The average Bonchev–Trinajstić information content (AvgIpc) is 2.89. The average molecular weight is 465 g/mol. The summed E-state index contributed by atoms with van der Waals surface area (Å²) in [6, 6.07) is 22.5. The molecule has 1 aliphatic heterocycles. The predicted octanol–water partition coefficient (Wildman–Crippen LogP) is 5.56. The molecule has 5 rings (SSSR count). The molecule has 3 heterocycles. The number of carbonyl (C=O) groups excluding carboxylic acids is 1. The Morgan fingerprint density at radius 3 is 2.46 bits per heavy atom.